The second-order valence-electron chi connectivity index (χ2n) is 3.97. The number of Topliss-reactive ketones (excluding diaryl/α,β-unsaturated/α-hetero) is 1. The first kappa shape index (κ1) is 10.7. The highest BCUT2D eigenvalue weighted by Gasteiger charge is 2.26. The third kappa shape index (κ3) is 2.12. The molecule has 0 saturated carbocycles. The SMILES string of the molecule is CC(C)(CN)C(=O)c1cccc(O)c1. The minimum atomic E-state index is -0.576. The topological polar surface area (TPSA) is 63.3 Å². The lowest BCUT2D eigenvalue weighted by Gasteiger charge is -2.20. The van der Waals surface area contributed by atoms with Crippen molar-refractivity contribution in [3.8, 4) is 5.75 Å². The van der Waals surface area contributed by atoms with Gasteiger partial charge in [0.2, 0.25) is 0 Å². The summed E-state index contributed by atoms with van der Waals surface area (Å²) >= 11 is 0. The molecule has 1 rings (SSSR count). The van der Waals surface area contributed by atoms with E-state index in [1.807, 2.05) is 0 Å². The number of benzene rings is 1. The van der Waals surface area contributed by atoms with Gasteiger partial charge in [-0.25, -0.2) is 0 Å². The van der Waals surface area contributed by atoms with Gasteiger partial charge in [0.05, 0.1) is 0 Å². The zero-order valence-electron chi connectivity index (χ0n) is 8.45. The molecule has 0 radical (unpaired) electrons. The van der Waals surface area contributed by atoms with Crippen LogP contribution in [0.2, 0.25) is 0 Å². The van der Waals surface area contributed by atoms with Crippen molar-refractivity contribution in [2.75, 3.05) is 6.54 Å². The highest BCUT2D eigenvalue weighted by Crippen LogP contribution is 2.22. The van der Waals surface area contributed by atoms with Gasteiger partial charge >= 0.3 is 0 Å². The van der Waals surface area contributed by atoms with E-state index in [0.717, 1.165) is 0 Å². The lowest BCUT2D eigenvalue weighted by molar-refractivity contribution is 0.0847. The Morgan fingerprint density at radius 1 is 1.50 bits per heavy atom. The van der Waals surface area contributed by atoms with E-state index in [0.29, 0.717) is 12.1 Å². The number of hydrogen-bond acceptors (Lipinski definition) is 3. The number of carbonyl (C=O) groups excluding carboxylic acids is 1. The van der Waals surface area contributed by atoms with Crippen molar-refractivity contribution in [2.24, 2.45) is 11.1 Å². The summed E-state index contributed by atoms with van der Waals surface area (Å²) < 4.78 is 0. The van der Waals surface area contributed by atoms with Crippen LogP contribution in [0.15, 0.2) is 24.3 Å². The fraction of sp³-hybridized carbons (Fsp3) is 0.364. The summed E-state index contributed by atoms with van der Waals surface area (Å²) in [5.74, 6) is 0.0552. The molecular formula is C11H15NO2. The minimum absolute atomic E-state index is 0.0455. The lowest BCUT2D eigenvalue weighted by atomic mass is 9.84. The molecule has 3 nitrogen and oxygen atoms in total. The Morgan fingerprint density at radius 3 is 2.64 bits per heavy atom. The molecule has 0 unspecified atom stereocenters. The minimum Gasteiger partial charge on any atom is -0.508 e. The first-order valence-corrected chi connectivity index (χ1v) is 4.51. The van der Waals surface area contributed by atoms with Gasteiger partial charge in [-0.05, 0) is 12.1 Å². The molecular weight excluding hydrogens is 178 g/mol. The van der Waals surface area contributed by atoms with E-state index in [1.165, 1.54) is 12.1 Å². The third-order valence-corrected chi connectivity index (χ3v) is 2.23. The molecule has 76 valence electrons. The average molecular weight is 193 g/mol. The van der Waals surface area contributed by atoms with Crippen molar-refractivity contribution >= 4 is 5.78 Å². The fourth-order valence-electron chi connectivity index (χ4n) is 1.13. The molecule has 0 fully saturated rings. The molecule has 3 N–H and O–H groups in total. The second kappa shape index (κ2) is 3.80. The molecule has 0 aliphatic carbocycles. The Hall–Kier alpha value is -1.35. The number of aromatic hydroxyl groups is 1. The number of nitrogens with two attached hydrogens (primary N) is 1. The van der Waals surface area contributed by atoms with E-state index in [1.54, 1.807) is 26.0 Å². The van der Waals surface area contributed by atoms with Crippen molar-refractivity contribution in [3.05, 3.63) is 29.8 Å². The van der Waals surface area contributed by atoms with Crippen LogP contribution in [0.4, 0.5) is 0 Å². The van der Waals surface area contributed by atoms with Crippen LogP contribution >= 0.6 is 0 Å². The first-order chi connectivity index (χ1) is 6.47. The van der Waals surface area contributed by atoms with Crippen LogP contribution in [0.1, 0.15) is 24.2 Å². The predicted octanol–water partition coefficient (Wildman–Crippen LogP) is 1.56. The fourth-order valence-corrected chi connectivity index (χ4v) is 1.13. The van der Waals surface area contributed by atoms with Gasteiger partial charge in [-0.2, -0.15) is 0 Å². The van der Waals surface area contributed by atoms with Crippen LogP contribution in [0, 0.1) is 5.41 Å². The first-order valence-electron chi connectivity index (χ1n) is 4.51. The molecule has 1 aromatic carbocycles. The number of phenols is 1. The molecule has 3 heteroatoms. The van der Waals surface area contributed by atoms with Crippen LogP contribution in [0.25, 0.3) is 0 Å². The molecule has 0 atom stereocenters. The molecule has 0 aliphatic rings. The maximum Gasteiger partial charge on any atom is 0.169 e. The van der Waals surface area contributed by atoms with E-state index in [4.69, 9.17) is 5.73 Å². The summed E-state index contributed by atoms with van der Waals surface area (Å²) in [5.41, 5.74) is 5.42. The van der Waals surface area contributed by atoms with Crippen molar-refractivity contribution < 1.29 is 9.90 Å². The normalized spacial score (nSPS) is 11.4. The summed E-state index contributed by atoms with van der Waals surface area (Å²) in [6, 6.07) is 6.32. The highest BCUT2D eigenvalue weighted by atomic mass is 16.3. The molecule has 1 aromatic rings. The molecule has 0 saturated heterocycles. The van der Waals surface area contributed by atoms with Gasteiger partial charge in [-0.1, -0.05) is 26.0 Å². The number of ketones is 1. The summed E-state index contributed by atoms with van der Waals surface area (Å²) in [6.07, 6.45) is 0. The van der Waals surface area contributed by atoms with Crippen molar-refractivity contribution in [2.45, 2.75) is 13.8 Å². The third-order valence-electron chi connectivity index (χ3n) is 2.23. The van der Waals surface area contributed by atoms with Gasteiger partial charge in [-0.3, -0.25) is 4.79 Å². The van der Waals surface area contributed by atoms with Crippen molar-refractivity contribution in [1.29, 1.82) is 0 Å². The van der Waals surface area contributed by atoms with Crippen LogP contribution < -0.4 is 5.73 Å². The van der Waals surface area contributed by atoms with Crippen LogP contribution in [0.5, 0.6) is 5.75 Å². The van der Waals surface area contributed by atoms with Gasteiger partial charge < -0.3 is 10.8 Å². The Kier molecular flexibility index (Phi) is 2.91. The molecule has 14 heavy (non-hydrogen) atoms. The number of carbonyl (C=O) groups is 1. The van der Waals surface area contributed by atoms with E-state index >= 15 is 0 Å². The predicted molar refractivity (Wildman–Crippen MR) is 55.3 cm³/mol. The van der Waals surface area contributed by atoms with Gasteiger partial charge in [0.25, 0.3) is 0 Å². The molecule has 0 aromatic heterocycles. The Labute approximate surface area is 83.6 Å². The molecule has 0 aliphatic heterocycles. The van der Waals surface area contributed by atoms with Gasteiger partial charge in [0, 0.05) is 17.5 Å². The van der Waals surface area contributed by atoms with E-state index in [2.05, 4.69) is 0 Å². The van der Waals surface area contributed by atoms with E-state index in [9.17, 15) is 9.90 Å². The monoisotopic (exact) mass is 193 g/mol. The second-order valence-corrected chi connectivity index (χ2v) is 3.97. The summed E-state index contributed by atoms with van der Waals surface area (Å²) in [6.45, 7) is 3.88. The average Bonchev–Trinajstić information content (AvgIpc) is 2.16. The molecule has 0 heterocycles. The van der Waals surface area contributed by atoms with Crippen LogP contribution in [-0.2, 0) is 0 Å². The Bertz CT molecular complexity index is 345. The van der Waals surface area contributed by atoms with Crippen molar-refractivity contribution in [3.63, 3.8) is 0 Å². The van der Waals surface area contributed by atoms with Crippen LogP contribution in [-0.4, -0.2) is 17.4 Å². The quantitative estimate of drug-likeness (QED) is 0.716. The zero-order valence-corrected chi connectivity index (χ0v) is 8.45. The van der Waals surface area contributed by atoms with Crippen LogP contribution in [0.3, 0.4) is 0 Å². The number of rotatable bonds is 3. The standard InChI is InChI=1S/C11H15NO2/c1-11(2,7-12)10(14)8-4-3-5-9(13)6-8/h3-6,13H,7,12H2,1-2H3. The van der Waals surface area contributed by atoms with Crippen molar-refractivity contribution in [1.82, 2.24) is 0 Å². The number of phenolic OH excluding ortho intramolecular Hbond substituents is 1. The Morgan fingerprint density at radius 2 is 2.14 bits per heavy atom. The summed E-state index contributed by atoms with van der Waals surface area (Å²) in [7, 11) is 0. The van der Waals surface area contributed by atoms with Gasteiger partial charge in [-0.15, -0.1) is 0 Å². The molecule has 0 amide bonds. The van der Waals surface area contributed by atoms with Gasteiger partial charge in [0.1, 0.15) is 5.75 Å². The highest BCUT2D eigenvalue weighted by molar-refractivity contribution is 6.00. The molecule has 0 spiro atoms. The zero-order chi connectivity index (χ0) is 10.8. The largest absolute Gasteiger partial charge is 0.508 e. The van der Waals surface area contributed by atoms with Gasteiger partial charge in [0.15, 0.2) is 5.78 Å². The maximum atomic E-state index is 11.9. The smallest absolute Gasteiger partial charge is 0.169 e. The Balaban J connectivity index is 3.01. The number of hydrogen-bond donors (Lipinski definition) is 2. The van der Waals surface area contributed by atoms with E-state index < -0.39 is 5.41 Å². The summed E-state index contributed by atoms with van der Waals surface area (Å²) in [5, 5.41) is 9.22. The summed E-state index contributed by atoms with van der Waals surface area (Å²) in [4.78, 5) is 11.9. The van der Waals surface area contributed by atoms with E-state index in [-0.39, 0.29) is 11.5 Å². The lowest BCUT2D eigenvalue weighted by Crippen LogP contribution is -2.32. The maximum absolute atomic E-state index is 11.9. The molecule has 0 bridgehead atoms.